The number of methoxy groups -OCH3 is 1. The van der Waals surface area contributed by atoms with Crippen LogP contribution in [0.25, 0.3) is 0 Å². The number of amides is 1. The minimum absolute atomic E-state index is 0.130. The van der Waals surface area contributed by atoms with Crippen molar-refractivity contribution in [3.05, 3.63) is 106 Å². The van der Waals surface area contributed by atoms with Crippen molar-refractivity contribution in [2.45, 2.75) is 13.0 Å². The van der Waals surface area contributed by atoms with E-state index in [1.54, 1.807) is 11.0 Å². The standard InChI is InChI=1S/C23H22N2O4/c1-29-22-13-12-20(16-21(22)25(27)28)23(26)24(17-19-10-6-3-7-11-19)15-14-18-8-4-2-5-9-18/h2-13,16H,14-15,17H2,1H3. The van der Waals surface area contributed by atoms with Gasteiger partial charge in [0.1, 0.15) is 0 Å². The number of carbonyl (C=O) groups is 1. The fourth-order valence-corrected chi connectivity index (χ4v) is 3.11. The Morgan fingerprint density at radius 1 is 0.966 bits per heavy atom. The maximum atomic E-state index is 13.2. The van der Waals surface area contributed by atoms with Gasteiger partial charge in [-0.1, -0.05) is 60.7 Å². The lowest BCUT2D eigenvalue weighted by atomic mass is 10.1. The van der Waals surface area contributed by atoms with E-state index in [0.29, 0.717) is 19.5 Å². The molecule has 3 aromatic carbocycles. The highest BCUT2D eigenvalue weighted by atomic mass is 16.6. The van der Waals surface area contributed by atoms with Crippen molar-refractivity contribution in [3.8, 4) is 5.75 Å². The van der Waals surface area contributed by atoms with Crippen LogP contribution in [0.5, 0.6) is 5.75 Å². The zero-order valence-corrected chi connectivity index (χ0v) is 16.2. The van der Waals surface area contributed by atoms with Gasteiger partial charge in [0.05, 0.1) is 12.0 Å². The highest BCUT2D eigenvalue weighted by Crippen LogP contribution is 2.28. The zero-order valence-electron chi connectivity index (χ0n) is 16.2. The molecular weight excluding hydrogens is 368 g/mol. The van der Waals surface area contributed by atoms with Crippen molar-refractivity contribution in [2.24, 2.45) is 0 Å². The summed E-state index contributed by atoms with van der Waals surface area (Å²) in [7, 11) is 1.37. The first-order valence-electron chi connectivity index (χ1n) is 9.28. The molecule has 1 amide bonds. The maximum Gasteiger partial charge on any atom is 0.311 e. The molecule has 3 rings (SSSR count). The molecule has 0 aromatic heterocycles. The summed E-state index contributed by atoms with van der Waals surface area (Å²) >= 11 is 0. The van der Waals surface area contributed by atoms with E-state index in [1.165, 1.54) is 19.2 Å². The van der Waals surface area contributed by atoms with E-state index >= 15 is 0 Å². The molecule has 0 bridgehead atoms. The lowest BCUT2D eigenvalue weighted by Crippen LogP contribution is -2.32. The normalized spacial score (nSPS) is 10.4. The van der Waals surface area contributed by atoms with Crippen molar-refractivity contribution in [3.63, 3.8) is 0 Å². The average Bonchev–Trinajstić information content (AvgIpc) is 2.77. The lowest BCUT2D eigenvalue weighted by Gasteiger charge is -2.23. The largest absolute Gasteiger partial charge is 0.490 e. The Labute approximate surface area is 169 Å². The van der Waals surface area contributed by atoms with Crippen LogP contribution in [0.2, 0.25) is 0 Å². The minimum atomic E-state index is -0.541. The van der Waals surface area contributed by atoms with Crippen molar-refractivity contribution in [2.75, 3.05) is 13.7 Å². The predicted octanol–water partition coefficient (Wildman–Crippen LogP) is 4.49. The molecule has 0 saturated heterocycles. The predicted molar refractivity (Wildman–Crippen MR) is 111 cm³/mol. The monoisotopic (exact) mass is 390 g/mol. The Morgan fingerprint density at radius 2 is 1.59 bits per heavy atom. The number of rotatable bonds is 8. The SMILES string of the molecule is COc1ccc(C(=O)N(CCc2ccccc2)Cc2ccccc2)cc1[N+](=O)[O-]. The molecule has 0 unspecified atom stereocenters. The smallest absolute Gasteiger partial charge is 0.311 e. The quantitative estimate of drug-likeness (QED) is 0.420. The van der Waals surface area contributed by atoms with Crippen LogP contribution in [0.1, 0.15) is 21.5 Å². The molecule has 0 aliphatic heterocycles. The van der Waals surface area contributed by atoms with Crippen molar-refractivity contribution in [1.29, 1.82) is 0 Å². The Kier molecular flexibility index (Phi) is 6.58. The highest BCUT2D eigenvalue weighted by molar-refractivity contribution is 5.95. The van der Waals surface area contributed by atoms with E-state index in [-0.39, 0.29) is 22.9 Å². The molecule has 148 valence electrons. The van der Waals surface area contributed by atoms with Crippen molar-refractivity contribution >= 4 is 11.6 Å². The summed E-state index contributed by atoms with van der Waals surface area (Å²) in [6, 6.07) is 23.9. The average molecular weight is 390 g/mol. The summed E-state index contributed by atoms with van der Waals surface area (Å²) in [6.45, 7) is 0.921. The first-order chi connectivity index (χ1) is 14.1. The zero-order chi connectivity index (χ0) is 20.6. The minimum Gasteiger partial charge on any atom is -0.490 e. The van der Waals surface area contributed by atoms with Crippen LogP contribution in [0.15, 0.2) is 78.9 Å². The van der Waals surface area contributed by atoms with E-state index < -0.39 is 4.92 Å². The molecule has 29 heavy (non-hydrogen) atoms. The number of carbonyl (C=O) groups excluding carboxylic acids is 1. The number of benzene rings is 3. The van der Waals surface area contributed by atoms with Crippen molar-refractivity contribution < 1.29 is 14.5 Å². The van der Waals surface area contributed by atoms with Crippen LogP contribution in [0.4, 0.5) is 5.69 Å². The van der Waals surface area contributed by atoms with Gasteiger partial charge in [-0.25, -0.2) is 0 Å². The van der Waals surface area contributed by atoms with Gasteiger partial charge < -0.3 is 9.64 Å². The van der Waals surface area contributed by atoms with Gasteiger partial charge in [0.25, 0.3) is 5.91 Å². The summed E-state index contributed by atoms with van der Waals surface area (Å²) in [5, 5.41) is 11.3. The molecule has 6 heteroatoms. The molecule has 0 saturated carbocycles. The Balaban J connectivity index is 1.86. The Bertz CT molecular complexity index is 975. The van der Waals surface area contributed by atoms with E-state index in [0.717, 1.165) is 11.1 Å². The van der Waals surface area contributed by atoms with Gasteiger partial charge in [-0.2, -0.15) is 0 Å². The number of nitro benzene ring substituents is 1. The number of hydrogen-bond donors (Lipinski definition) is 0. The Hall–Kier alpha value is -3.67. The maximum absolute atomic E-state index is 13.2. The fourth-order valence-electron chi connectivity index (χ4n) is 3.11. The second kappa shape index (κ2) is 9.50. The lowest BCUT2D eigenvalue weighted by molar-refractivity contribution is -0.385. The summed E-state index contributed by atoms with van der Waals surface area (Å²) in [5.41, 5.74) is 2.17. The van der Waals surface area contributed by atoms with Crippen LogP contribution in [0.3, 0.4) is 0 Å². The van der Waals surface area contributed by atoms with Gasteiger partial charge in [0, 0.05) is 24.7 Å². The first kappa shape index (κ1) is 20.1. The van der Waals surface area contributed by atoms with E-state index in [4.69, 9.17) is 4.74 Å². The highest BCUT2D eigenvalue weighted by Gasteiger charge is 2.22. The molecular formula is C23H22N2O4. The van der Waals surface area contributed by atoms with Gasteiger partial charge in [0.2, 0.25) is 0 Å². The topological polar surface area (TPSA) is 72.7 Å². The molecule has 3 aromatic rings. The second-order valence-corrected chi connectivity index (χ2v) is 6.59. The molecule has 0 fully saturated rings. The molecule has 0 atom stereocenters. The molecule has 6 nitrogen and oxygen atoms in total. The molecule has 0 N–H and O–H groups in total. The van der Waals surface area contributed by atoms with Crippen LogP contribution in [0, 0.1) is 10.1 Å². The molecule has 0 aliphatic carbocycles. The number of nitrogens with zero attached hydrogens (tertiary/aromatic N) is 2. The molecule has 0 heterocycles. The van der Waals surface area contributed by atoms with Crippen LogP contribution in [-0.2, 0) is 13.0 Å². The van der Waals surface area contributed by atoms with E-state index in [1.807, 2.05) is 60.7 Å². The summed E-state index contributed by atoms with van der Waals surface area (Å²) in [5.74, 6) is -0.124. The number of hydrogen-bond acceptors (Lipinski definition) is 4. The third kappa shape index (κ3) is 5.19. The van der Waals surface area contributed by atoms with Gasteiger partial charge in [0.15, 0.2) is 5.75 Å². The third-order valence-electron chi connectivity index (χ3n) is 4.64. The molecule has 0 aliphatic rings. The van der Waals surface area contributed by atoms with E-state index in [9.17, 15) is 14.9 Å². The summed E-state index contributed by atoms with van der Waals surface area (Å²) < 4.78 is 5.04. The fraction of sp³-hybridized carbons (Fsp3) is 0.174. The van der Waals surface area contributed by atoms with Crippen molar-refractivity contribution in [1.82, 2.24) is 4.90 Å². The van der Waals surface area contributed by atoms with Gasteiger partial charge in [-0.05, 0) is 29.7 Å². The third-order valence-corrected chi connectivity index (χ3v) is 4.64. The second-order valence-electron chi connectivity index (χ2n) is 6.59. The number of nitro groups is 1. The molecule has 0 radical (unpaired) electrons. The first-order valence-corrected chi connectivity index (χ1v) is 9.28. The van der Waals surface area contributed by atoms with Gasteiger partial charge in [-0.15, -0.1) is 0 Å². The van der Waals surface area contributed by atoms with E-state index in [2.05, 4.69) is 0 Å². The molecule has 0 spiro atoms. The summed E-state index contributed by atoms with van der Waals surface area (Å²) in [4.78, 5) is 25.7. The van der Waals surface area contributed by atoms with Gasteiger partial charge in [-0.3, -0.25) is 14.9 Å². The van der Waals surface area contributed by atoms with Crippen LogP contribution >= 0.6 is 0 Å². The van der Waals surface area contributed by atoms with Gasteiger partial charge >= 0.3 is 5.69 Å². The van der Waals surface area contributed by atoms with Crippen LogP contribution < -0.4 is 4.74 Å². The van der Waals surface area contributed by atoms with Crippen LogP contribution in [-0.4, -0.2) is 29.4 Å². The summed E-state index contributed by atoms with van der Waals surface area (Å²) in [6.07, 6.45) is 0.692. The number of ether oxygens (including phenoxy) is 1. The Morgan fingerprint density at radius 3 is 2.17 bits per heavy atom.